The average Bonchev–Trinajstić information content (AvgIpc) is 2.79. The molecular weight excluding hydrogens is 382 g/mol. The van der Waals surface area contributed by atoms with E-state index < -0.39 is 18.0 Å². The van der Waals surface area contributed by atoms with Gasteiger partial charge in [-0.25, -0.2) is 4.79 Å². The first-order chi connectivity index (χ1) is 14.5. The van der Waals surface area contributed by atoms with Gasteiger partial charge in [0.05, 0.1) is 14.2 Å². The molecule has 1 atom stereocenters. The number of benzene rings is 3. The van der Waals surface area contributed by atoms with Crippen molar-refractivity contribution in [2.75, 3.05) is 19.5 Å². The smallest absolute Gasteiger partial charge is 0.342 e. The average molecular weight is 405 g/mol. The Morgan fingerprint density at radius 2 is 1.57 bits per heavy atom. The van der Waals surface area contributed by atoms with Gasteiger partial charge in [0.25, 0.3) is 5.91 Å². The molecular formula is C24H23NO5. The fourth-order valence-corrected chi connectivity index (χ4v) is 2.94. The summed E-state index contributed by atoms with van der Waals surface area (Å²) in [5.74, 6) is -0.235. The number of nitrogens with one attached hydrogen (secondary N) is 1. The van der Waals surface area contributed by atoms with Gasteiger partial charge in [-0.05, 0) is 30.7 Å². The summed E-state index contributed by atoms with van der Waals surface area (Å²) in [4.78, 5) is 25.2. The van der Waals surface area contributed by atoms with E-state index in [-0.39, 0.29) is 5.56 Å². The minimum absolute atomic E-state index is 0.211. The van der Waals surface area contributed by atoms with Crippen LogP contribution in [0.4, 0.5) is 5.69 Å². The van der Waals surface area contributed by atoms with E-state index in [9.17, 15) is 9.59 Å². The summed E-state index contributed by atoms with van der Waals surface area (Å²) < 4.78 is 15.7. The zero-order chi connectivity index (χ0) is 21.5. The molecule has 6 heteroatoms. The molecule has 0 radical (unpaired) electrons. The maximum absolute atomic E-state index is 12.7. The molecule has 6 nitrogen and oxygen atoms in total. The molecule has 0 aliphatic rings. The predicted molar refractivity (Wildman–Crippen MR) is 115 cm³/mol. The molecule has 0 heterocycles. The quantitative estimate of drug-likeness (QED) is 0.584. The third kappa shape index (κ3) is 4.78. The van der Waals surface area contributed by atoms with Gasteiger partial charge in [-0.1, -0.05) is 48.5 Å². The molecule has 3 aromatic rings. The summed E-state index contributed by atoms with van der Waals surface area (Å²) >= 11 is 0. The third-order valence-electron chi connectivity index (χ3n) is 4.55. The van der Waals surface area contributed by atoms with Crippen LogP contribution in [0.25, 0.3) is 11.1 Å². The van der Waals surface area contributed by atoms with E-state index >= 15 is 0 Å². The second kappa shape index (κ2) is 9.60. The number of amides is 1. The van der Waals surface area contributed by atoms with Gasteiger partial charge in [-0.2, -0.15) is 0 Å². The number of hydrogen-bond donors (Lipinski definition) is 1. The SMILES string of the molecule is COc1ccc(C(=O)O[C@H](C)C(=O)Nc2ccccc2-c2ccccc2)c(OC)c1. The molecule has 0 aromatic heterocycles. The molecule has 0 saturated heterocycles. The zero-order valence-electron chi connectivity index (χ0n) is 17.0. The molecule has 30 heavy (non-hydrogen) atoms. The third-order valence-corrected chi connectivity index (χ3v) is 4.55. The first kappa shape index (κ1) is 20.9. The Kier molecular flexibility index (Phi) is 6.70. The Balaban J connectivity index is 1.73. The molecule has 0 aliphatic carbocycles. The Labute approximate surface area is 175 Å². The van der Waals surface area contributed by atoms with Crippen molar-refractivity contribution in [1.82, 2.24) is 0 Å². The topological polar surface area (TPSA) is 73.9 Å². The number of esters is 1. The maximum Gasteiger partial charge on any atom is 0.342 e. The highest BCUT2D eigenvalue weighted by Crippen LogP contribution is 2.28. The first-order valence-electron chi connectivity index (χ1n) is 9.41. The zero-order valence-corrected chi connectivity index (χ0v) is 17.0. The molecule has 154 valence electrons. The number of carbonyl (C=O) groups excluding carboxylic acids is 2. The van der Waals surface area contributed by atoms with Crippen LogP contribution in [0.1, 0.15) is 17.3 Å². The molecule has 0 aliphatic heterocycles. The summed E-state index contributed by atoms with van der Waals surface area (Å²) in [7, 11) is 2.97. The lowest BCUT2D eigenvalue weighted by Crippen LogP contribution is -2.30. The maximum atomic E-state index is 12.7. The molecule has 1 amide bonds. The van der Waals surface area contributed by atoms with Gasteiger partial charge in [0.2, 0.25) is 0 Å². The summed E-state index contributed by atoms with van der Waals surface area (Å²) in [5.41, 5.74) is 2.70. The monoisotopic (exact) mass is 405 g/mol. The van der Waals surface area contributed by atoms with Crippen LogP contribution >= 0.6 is 0 Å². The van der Waals surface area contributed by atoms with E-state index in [1.165, 1.54) is 27.2 Å². The number of rotatable bonds is 7. The van der Waals surface area contributed by atoms with Gasteiger partial charge in [-0.3, -0.25) is 4.79 Å². The molecule has 3 aromatic carbocycles. The fourth-order valence-electron chi connectivity index (χ4n) is 2.94. The molecule has 0 unspecified atom stereocenters. The van der Waals surface area contributed by atoms with Gasteiger partial charge in [0.1, 0.15) is 17.1 Å². The van der Waals surface area contributed by atoms with Gasteiger partial charge < -0.3 is 19.5 Å². The first-order valence-corrected chi connectivity index (χ1v) is 9.41. The Morgan fingerprint density at radius 3 is 2.27 bits per heavy atom. The predicted octanol–water partition coefficient (Wildman–Crippen LogP) is 4.55. The number of para-hydroxylation sites is 1. The lowest BCUT2D eigenvalue weighted by Gasteiger charge is -2.17. The van der Waals surface area contributed by atoms with E-state index in [0.29, 0.717) is 17.2 Å². The van der Waals surface area contributed by atoms with Crippen molar-refractivity contribution in [2.45, 2.75) is 13.0 Å². The Morgan fingerprint density at radius 1 is 0.867 bits per heavy atom. The highest BCUT2D eigenvalue weighted by atomic mass is 16.5. The van der Waals surface area contributed by atoms with Crippen molar-refractivity contribution in [3.63, 3.8) is 0 Å². The van der Waals surface area contributed by atoms with Crippen molar-refractivity contribution >= 4 is 17.6 Å². The van der Waals surface area contributed by atoms with E-state index in [1.54, 1.807) is 18.2 Å². The van der Waals surface area contributed by atoms with Crippen LogP contribution in [-0.2, 0) is 9.53 Å². The van der Waals surface area contributed by atoms with E-state index in [0.717, 1.165) is 11.1 Å². The van der Waals surface area contributed by atoms with Crippen molar-refractivity contribution in [1.29, 1.82) is 0 Å². The van der Waals surface area contributed by atoms with E-state index in [4.69, 9.17) is 14.2 Å². The normalized spacial score (nSPS) is 11.3. The number of anilines is 1. The molecule has 0 saturated carbocycles. The number of hydrogen-bond acceptors (Lipinski definition) is 5. The summed E-state index contributed by atoms with van der Waals surface area (Å²) in [6.07, 6.45) is -1.01. The van der Waals surface area contributed by atoms with Gasteiger partial charge in [0, 0.05) is 17.3 Å². The van der Waals surface area contributed by atoms with Crippen LogP contribution in [0, 0.1) is 0 Å². The minimum Gasteiger partial charge on any atom is -0.497 e. The Hall–Kier alpha value is -3.80. The van der Waals surface area contributed by atoms with E-state index in [2.05, 4.69) is 5.32 Å². The van der Waals surface area contributed by atoms with Gasteiger partial charge >= 0.3 is 5.97 Å². The van der Waals surface area contributed by atoms with Crippen molar-refractivity contribution in [3.05, 3.63) is 78.4 Å². The number of methoxy groups -OCH3 is 2. The largest absolute Gasteiger partial charge is 0.497 e. The van der Waals surface area contributed by atoms with Gasteiger partial charge in [-0.15, -0.1) is 0 Å². The molecule has 1 N–H and O–H groups in total. The lowest BCUT2D eigenvalue weighted by atomic mass is 10.0. The second-order valence-corrected chi connectivity index (χ2v) is 6.51. The van der Waals surface area contributed by atoms with Crippen LogP contribution in [0.15, 0.2) is 72.8 Å². The highest BCUT2D eigenvalue weighted by Gasteiger charge is 2.22. The summed E-state index contributed by atoms with van der Waals surface area (Å²) in [5, 5.41) is 2.85. The summed E-state index contributed by atoms with van der Waals surface area (Å²) in [6, 6.07) is 21.9. The fraction of sp³-hybridized carbons (Fsp3) is 0.167. The second-order valence-electron chi connectivity index (χ2n) is 6.51. The van der Waals surface area contributed by atoms with Crippen molar-refractivity contribution in [2.24, 2.45) is 0 Å². The van der Waals surface area contributed by atoms with E-state index in [1.807, 2.05) is 48.5 Å². The molecule has 0 fully saturated rings. The molecule has 0 spiro atoms. The van der Waals surface area contributed by atoms with Gasteiger partial charge in [0.15, 0.2) is 6.10 Å². The van der Waals surface area contributed by atoms with Crippen LogP contribution < -0.4 is 14.8 Å². The lowest BCUT2D eigenvalue weighted by molar-refractivity contribution is -0.123. The number of ether oxygens (including phenoxy) is 3. The minimum atomic E-state index is -1.01. The number of carbonyl (C=O) groups is 2. The highest BCUT2D eigenvalue weighted by molar-refractivity contribution is 6.00. The van der Waals surface area contributed by atoms with Crippen LogP contribution in [0.3, 0.4) is 0 Å². The Bertz CT molecular complexity index is 1030. The molecule has 0 bridgehead atoms. The molecule has 3 rings (SSSR count). The van der Waals surface area contributed by atoms with Crippen molar-refractivity contribution in [3.8, 4) is 22.6 Å². The standard InChI is InChI=1S/C24H23NO5/c1-16(30-24(27)20-14-13-18(28-2)15-22(20)29-3)23(26)25-21-12-8-7-11-19(21)17-9-5-4-6-10-17/h4-16H,1-3H3,(H,25,26)/t16-/m1/s1. The van der Waals surface area contributed by atoms with Crippen LogP contribution in [0.2, 0.25) is 0 Å². The van der Waals surface area contributed by atoms with Crippen LogP contribution in [0.5, 0.6) is 11.5 Å². The van der Waals surface area contributed by atoms with Crippen LogP contribution in [-0.4, -0.2) is 32.2 Å². The van der Waals surface area contributed by atoms with Crippen molar-refractivity contribution < 1.29 is 23.8 Å². The summed E-state index contributed by atoms with van der Waals surface area (Å²) in [6.45, 7) is 1.52.